The number of fused-ring (bicyclic) bond motifs is 2. The van der Waals surface area contributed by atoms with Gasteiger partial charge in [0.15, 0.2) is 0 Å². The van der Waals surface area contributed by atoms with Crippen molar-refractivity contribution in [2.45, 2.75) is 42.9 Å². The Kier molecular flexibility index (Phi) is 4.05. The van der Waals surface area contributed by atoms with Gasteiger partial charge in [-0.1, -0.05) is 35.9 Å². The summed E-state index contributed by atoms with van der Waals surface area (Å²) in [5.74, 6) is 1.15. The molecule has 178 valence electrons. The molecule has 2 aromatic rings. The fourth-order valence-electron chi connectivity index (χ4n) is 9.21. The number of halogens is 1. The molecule has 2 aromatic carbocycles. The number of piperidine rings is 2. The number of Topliss-reactive ketones (excluding diaryl/α,β-unsaturated/α-hetero) is 1. The molecule has 5 aliphatic heterocycles. The van der Waals surface area contributed by atoms with Crippen LogP contribution in [-0.2, 0) is 14.9 Å². The van der Waals surface area contributed by atoms with E-state index in [9.17, 15) is 9.59 Å². The number of nitrogens with zero attached hydrogens (tertiary/aromatic N) is 2. The van der Waals surface area contributed by atoms with Gasteiger partial charge in [-0.2, -0.15) is 0 Å². The van der Waals surface area contributed by atoms with Crippen molar-refractivity contribution < 1.29 is 18.8 Å². The zero-order valence-electron chi connectivity index (χ0n) is 19.5. The molecule has 8 rings (SSSR count). The molecule has 0 unspecified atom stereocenters. The summed E-state index contributed by atoms with van der Waals surface area (Å²) in [5, 5.41) is 0.649. The Balaban J connectivity index is 1.31. The fraction of sp³-hybridized carbons (Fsp3) is 0.448. The van der Waals surface area contributed by atoms with Crippen molar-refractivity contribution in [3.05, 3.63) is 76.3 Å². The summed E-state index contributed by atoms with van der Waals surface area (Å²) in [4.78, 5) is 29.4. The third-order valence-corrected chi connectivity index (χ3v) is 10.6. The van der Waals surface area contributed by atoms with Crippen LogP contribution < -0.4 is 4.90 Å². The Morgan fingerprint density at radius 3 is 2.86 bits per heavy atom. The molecule has 6 aliphatic rings. The van der Waals surface area contributed by atoms with E-state index in [2.05, 4.69) is 35.2 Å². The molecule has 0 N–H and O–H groups in total. The predicted molar refractivity (Wildman–Crippen MR) is 132 cm³/mol. The SMILES string of the molecule is O=C(C[N@+]12CC[C@@]34c5ccccc5N5C(=O)C[C@@H]6OCC=C(C1)[C@H](C[C@H]32)[C@@H]6[C@@H]54)c1ccc(Cl)cc1. The van der Waals surface area contributed by atoms with Crippen molar-refractivity contribution in [2.24, 2.45) is 11.8 Å². The van der Waals surface area contributed by atoms with Gasteiger partial charge in [-0.05, 0) is 47.4 Å². The van der Waals surface area contributed by atoms with Crippen LogP contribution in [0.3, 0.4) is 0 Å². The monoisotopic (exact) mass is 487 g/mol. The van der Waals surface area contributed by atoms with E-state index in [1.165, 1.54) is 11.1 Å². The summed E-state index contributed by atoms with van der Waals surface area (Å²) in [6.45, 7) is 2.96. The van der Waals surface area contributed by atoms with Crippen molar-refractivity contribution in [1.82, 2.24) is 0 Å². The molecule has 5 nitrogen and oxygen atoms in total. The van der Waals surface area contributed by atoms with Crippen molar-refractivity contribution in [2.75, 3.05) is 31.1 Å². The molecule has 6 heteroatoms. The van der Waals surface area contributed by atoms with Crippen LogP contribution in [0.2, 0.25) is 5.02 Å². The third-order valence-electron chi connectivity index (χ3n) is 10.3. The Labute approximate surface area is 209 Å². The van der Waals surface area contributed by atoms with Crippen molar-refractivity contribution in [3.63, 3.8) is 0 Å². The predicted octanol–water partition coefficient (Wildman–Crippen LogP) is 4.14. The van der Waals surface area contributed by atoms with Gasteiger partial charge in [-0.3, -0.25) is 9.59 Å². The highest BCUT2D eigenvalue weighted by Gasteiger charge is 2.76. The number of para-hydroxylation sites is 1. The van der Waals surface area contributed by atoms with E-state index in [4.69, 9.17) is 16.3 Å². The Hall–Kier alpha value is -2.47. The van der Waals surface area contributed by atoms with Crippen LogP contribution >= 0.6 is 11.6 Å². The van der Waals surface area contributed by atoms with Crippen LogP contribution in [0.4, 0.5) is 5.69 Å². The molecule has 0 aromatic heterocycles. The highest BCUT2D eigenvalue weighted by Crippen LogP contribution is 2.67. The lowest BCUT2D eigenvalue weighted by molar-refractivity contribution is -0.935. The number of rotatable bonds is 3. The third kappa shape index (κ3) is 2.47. The normalized spacial score (nSPS) is 39.7. The van der Waals surface area contributed by atoms with Crippen molar-refractivity contribution >= 4 is 29.0 Å². The summed E-state index contributed by atoms with van der Waals surface area (Å²) < 4.78 is 7.18. The van der Waals surface area contributed by atoms with E-state index in [1.54, 1.807) is 0 Å². The molecule has 2 bridgehead atoms. The summed E-state index contributed by atoms with van der Waals surface area (Å²) in [5.41, 5.74) is 4.52. The first-order chi connectivity index (χ1) is 17.0. The summed E-state index contributed by atoms with van der Waals surface area (Å²) in [6, 6.07) is 16.4. The van der Waals surface area contributed by atoms with Gasteiger partial charge in [0, 0.05) is 35.0 Å². The van der Waals surface area contributed by atoms with Gasteiger partial charge in [0.2, 0.25) is 11.7 Å². The Morgan fingerprint density at radius 2 is 2.00 bits per heavy atom. The maximum atomic E-state index is 13.7. The number of carbonyl (C=O) groups excluding carboxylic acids is 2. The average molecular weight is 488 g/mol. The van der Waals surface area contributed by atoms with Gasteiger partial charge < -0.3 is 14.1 Å². The molecular weight excluding hydrogens is 460 g/mol. The van der Waals surface area contributed by atoms with E-state index in [0.717, 1.165) is 41.7 Å². The minimum absolute atomic E-state index is 0.00839. The quantitative estimate of drug-likeness (QED) is 0.371. The van der Waals surface area contributed by atoms with Crippen LogP contribution in [0.1, 0.15) is 35.2 Å². The average Bonchev–Trinajstić information content (AvgIpc) is 3.29. The second-order valence-electron chi connectivity index (χ2n) is 11.5. The molecule has 1 spiro atoms. The van der Waals surface area contributed by atoms with Crippen LogP contribution in [0, 0.1) is 11.8 Å². The standard InChI is InChI=1S/C29H28ClN2O3/c30-19-7-5-17(6-8-19)23(33)16-32-11-10-29-21-3-1-2-4-22(21)31-26(34)14-24-27(28(29)31)20(13-25(29)32)18(15-32)9-12-35-24/h1-9,20,24-25,27-28H,10-16H2/q+1/t20-,24-,25+,27-,28+,29+,32-/m0/s1. The van der Waals surface area contributed by atoms with Crippen LogP contribution in [0.15, 0.2) is 60.2 Å². The van der Waals surface area contributed by atoms with E-state index in [-0.39, 0.29) is 29.3 Å². The number of quaternary nitrogens is 1. The van der Waals surface area contributed by atoms with Gasteiger partial charge in [0.25, 0.3) is 0 Å². The molecule has 1 aliphatic carbocycles. The first kappa shape index (κ1) is 20.7. The number of ketones is 1. The highest BCUT2D eigenvalue weighted by atomic mass is 35.5. The van der Waals surface area contributed by atoms with Crippen molar-refractivity contribution in [3.8, 4) is 0 Å². The van der Waals surface area contributed by atoms with Gasteiger partial charge >= 0.3 is 0 Å². The first-order valence-electron chi connectivity index (χ1n) is 12.9. The number of ether oxygens (including phenoxy) is 1. The van der Waals surface area contributed by atoms with E-state index < -0.39 is 0 Å². The van der Waals surface area contributed by atoms with Gasteiger partial charge in [-0.15, -0.1) is 0 Å². The fourth-order valence-corrected chi connectivity index (χ4v) is 9.34. The zero-order valence-corrected chi connectivity index (χ0v) is 20.3. The molecule has 7 atom stereocenters. The first-order valence-corrected chi connectivity index (χ1v) is 13.3. The molecule has 35 heavy (non-hydrogen) atoms. The second kappa shape index (κ2) is 6.84. The lowest BCUT2D eigenvalue weighted by Crippen LogP contribution is -2.73. The van der Waals surface area contributed by atoms with Gasteiger partial charge in [-0.25, -0.2) is 0 Å². The number of anilines is 1. The lowest BCUT2D eigenvalue weighted by Gasteiger charge is -2.60. The van der Waals surface area contributed by atoms with Crippen molar-refractivity contribution in [1.29, 1.82) is 0 Å². The smallest absolute Gasteiger partial charge is 0.229 e. The zero-order chi connectivity index (χ0) is 23.5. The minimum Gasteiger partial charge on any atom is -0.373 e. The molecule has 5 heterocycles. The maximum absolute atomic E-state index is 13.7. The van der Waals surface area contributed by atoms with E-state index >= 15 is 0 Å². The van der Waals surface area contributed by atoms with Crippen LogP contribution in [-0.4, -0.2) is 60.6 Å². The van der Waals surface area contributed by atoms with Crippen LogP contribution in [0.25, 0.3) is 0 Å². The minimum atomic E-state index is -0.106. The van der Waals surface area contributed by atoms with E-state index in [1.807, 2.05) is 24.3 Å². The second-order valence-corrected chi connectivity index (χ2v) is 11.9. The Bertz CT molecular complexity index is 1320. The summed E-state index contributed by atoms with van der Waals surface area (Å²) >= 11 is 6.10. The molecule has 4 fully saturated rings. The molecule has 1 saturated carbocycles. The van der Waals surface area contributed by atoms with Crippen LogP contribution in [0.5, 0.6) is 0 Å². The number of benzene rings is 2. The molecule has 3 saturated heterocycles. The maximum Gasteiger partial charge on any atom is 0.229 e. The summed E-state index contributed by atoms with van der Waals surface area (Å²) in [6.07, 6.45) is 4.85. The highest BCUT2D eigenvalue weighted by molar-refractivity contribution is 6.30. The molecule has 0 radical (unpaired) electrons. The van der Waals surface area contributed by atoms with E-state index in [0.29, 0.717) is 42.5 Å². The largest absolute Gasteiger partial charge is 0.373 e. The van der Waals surface area contributed by atoms with Gasteiger partial charge in [0.05, 0.1) is 37.1 Å². The Morgan fingerprint density at radius 1 is 1.17 bits per heavy atom. The number of hydrogen-bond acceptors (Lipinski definition) is 3. The number of amides is 1. The number of carbonyl (C=O) groups is 2. The molecule has 1 amide bonds. The number of hydrogen-bond donors (Lipinski definition) is 0. The molecular formula is C29H28ClN2O3+. The topological polar surface area (TPSA) is 46.6 Å². The van der Waals surface area contributed by atoms with Gasteiger partial charge in [0.1, 0.15) is 19.1 Å². The lowest BCUT2D eigenvalue weighted by atomic mass is 9.53. The summed E-state index contributed by atoms with van der Waals surface area (Å²) in [7, 11) is 0.